The molecule has 1 aromatic carbocycles. The predicted molar refractivity (Wildman–Crippen MR) is 89.7 cm³/mol. The van der Waals surface area contributed by atoms with Gasteiger partial charge in [0.1, 0.15) is 4.32 Å². The van der Waals surface area contributed by atoms with Gasteiger partial charge in [0, 0.05) is 18.2 Å². The highest BCUT2D eigenvalue weighted by Gasteiger charge is 2.31. The quantitative estimate of drug-likeness (QED) is 0.271. The minimum absolute atomic E-state index is 0.112. The van der Waals surface area contributed by atoms with Gasteiger partial charge in [0.25, 0.3) is 5.91 Å². The molecule has 1 fully saturated rings. The topological polar surface area (TPSA) is 72.7 Å². The average Bonchev–Trinajstić information content (AvgIpc) is 2.75. The Kier molecular flexibility index (Phi) is 4.94. The van der Waals surface area contributed by atoms with Crippen LogP contribution in [0.3, 0.4) is 0 Å². The van der Waals surface area contributed by atoms with Gasteiger partial charge >= 0.3 is 5.69 Å². The number of methoxy groups -OCH3 is 1. The van der Waals surface area contributed by atoms with E-state index in [0.29, 0.717) is 21.3 Å². The Hall–Kier alpha value is -2.19. The van der Waals surface area contributed by atoms with E-state index in [-0.39, 0.29) is 17.3 Å². The van der Waals surface area contributed by atoms with Crippen molar-refractivity contribution in [3.05, 3.63) is 51.4 Å². The molecule has 114 valence electrons. The fourth-order valence-corrected chi connectivity index (χ4v) is 3.22. The number of hydrogen-bond donors (Lipinski definition) is 0. The van der Waals surface area contributed by atoms with Crippen molar-refractivity contribution < 1.29 is 14.5 Å². The number of thiocarbonyl (C=S) groups is 1. The van der Waals surface area contributed by atoms with Gasteiger partial charge in [-0.05, 0) is 6.08 Å². The summed E-state index contributed by atoms with van der Waals surface area (Å²) in [6.07, 6.45) is 3.13. The maximum atomic E-state index is 12.3. The number of nitrogens with zero attached hydrogens (tertiary/aromatic N) is 2. The molecule has 0 aromatic heterocycles. The van der Waals surface area contributed by atoms with E-state index < -0.39 is 4.92 Å². The van der Waals surface area contributed by atoms with E-state index in [0.717, 1.165) is 11.8 Å². The highest BCUT2D eigenvalue weighted by Crippen LogP contribution is 2.37. The molecule has 1 saturated heterocycles. The molecule has 1 heterocycles. The number of ether oxygens (including phenoxy) is 1. The van der Waals surface area contributed by atoms with E-state index >= 15 is 0 Å². The number of thioether (sulfide) groups is 1. The van der Waals surface area contributed by atoms with Crippen LogP contribution in [0.4, 0.5) is 5.69 Å². The molecule has 22 heavy (non-hydrogen) atoms. The molecular weight excluding hydrogens is 324 g/mol. The molecule has 1 amide bonds. The van der Waals surface area contributed by atoms with E-state index in [2.05, 4.69) is 6.58 Å². The minimum Gasteiger partial charge on any atom is -0.490 e. The number of amides is 1. The van der Waals surface area contributed by atoms with Crippen LogP contribution < -0.4 is 4.74 Å². The summed E-state index contributed by atoms with van der Waals surface area (Å²) in [4.78, 5) is 24.6. The first kappa shape index (κ1) is 16.2. The molecule has 0 unspecified atom stereocenters. The molecule has 0 aliphatic carbocycles. The first-order valence-electron chi connectivity index (χ1n) is 6.17. The van der Waals surface area contributed by atoms with Crippen LogP contribution in [0, 0.1) is 10.1 Å². The van der Waals surface area contributed by atoms with Crippen LogP contribution >= 0.6 is 24.0 Å². The fourth-order valence-electron chi connectivity index (χ4n) is 1.95. The lowest BCUT2D eigenvalue weighted by Crippen LogP contribution is -2.27. The van der Waals surface area contributed by atoms with Crippen molar-refractivity contribution in [1.82, 2.24) is 4.90 Å². The molecule has 0 spiro atoms. The normalized spacial score (nSPS) is 16.2. The zero-order chi connectivity index (χ0) is 16.3. The number of hydrogen-bond acceptors (Lipinski definition) is 6. The molecule has 0 bridgehead atoms. The summed E-state index contributed by atoms with van der Waals surface area (Å²) < 4.78 is 5.55. The van der Waals surface area contributed by atoms with Gasteiger partial charge in [-0.15, -0.1) is 6.58 Å². The molecule has 1 aliphatic rings. The zero-order valence-corrected chi connectivity index (χ0v) is 13.3. The van der Waals surface area contributed by atoms with E-state index in [1.807, 2.05) is 0 Å². The highest BCUT2D eigenvalue weighted by atomic mass is 32.2. The first-order valence-corrected chi connectivity index (χ1v) is 7.39. The molecule has 0 saturated carbocycles. The Morgan fingerprint density at radius 2 is 2.27 bits per heavy atom. The van der Waals surface area contributed by atoms with Crippen LogP contribution in [-0.4, -0.2) is 33.7 Å². The van der Waals surface area contributed by atoms with Gasteiger partial charge in [0.2, 0.25) is 5.75 Å². The van der Waals surface area contributed by atoms with Crippen molar-refractivity contribution in [1.29, 1.82) is 0 Å². The Bertz CT molecular complexity index is 700. The van der Waals surface area contributed by atoms with Crippen LogP contribution in [0.2, 0.25) is 0 Å². The Labute approximate surface area is 136 Å². The number of nitro groups is 1. The van der Waals surface area contributed by atoms with Gasteiger partial charge in [0.15, 0.2) is 0 Å². The van der Waals surface area contributed by atoms with E-state index in [4.69, 9.17) is 17.0 Å². The van der Waals surface area contributed by atoms with Crippen LogP contribution in [-0.2, 0) is 4.79 Å². The van der Waals surface area contributed by atoms with E-state index in [9.17, 15) is 14.9 Å². The third-order valence-electron chi connectivity index (χ3n) is 2.90. The van der Waals surface area contributed by atoms with Gasteiger partial charge < -0.3 is 4.74 Å². The Balaban J connectivity index is 2.44. The van der Waals surface area contributed by atoms with Crippen LogP contribution in [0.25, 0.3) is 6.08 Å². The summed E-state index contributed by atoms with van der Waals surface area (Å²) in [7, 11) is 1.35. The SMILES string of the molecule is C=CCN1C(=O)C(=Cc2cccc([N+](=O)[O-])c2OC)SC1=S. The summed E-state index contributed by atoms with van der Waals surface area (Å²) in [5.74, 6) is -0.134. The lowest BCUT2D eigenvalue weighted by molar-refractivity contribution is -0.385. The second-order valence-corrected chi connectivity index (χ2v) is 5.91. The predicted octanol–water partition coefficient (Wildman–Crippen LogP) is 2.99. The number of carbonyl (C=O) groups is 1. The second kappa shape index (κ2) is 6.71. The van der Waals surface area contributed by atoms with Gasteiger partial charge in [-0.1, -0.05) is 42.2 Å². The van der Waals surface area contributed by atoms with Crippen molar-refractivity contribution in [2.45, 2.75) is 0 Å². The third-order valence-corrected chi connectivity index (χ3v) is 4.28. The van der Waals surface area contributed by atoms with E-state index in [1.54, 1.807) is 18.2 Å². The maximum absolute atomic E-state index is 12.3. The van der Waals surface area contributed by atoms with Gasteiger partial charge in [-0.3, -0.25) is 19.8 Å². The molecule has 0 atom stereocenters. The Morgan fingerprint density at radius 3 is 2.86 bits per heavy atom. The zero-order valence-electron chi connectivity index (χ0n) is 11.6. The summed E-state index contributed by atoms with van der Waals surface area (Å²) in [6, 6.07) is 4.53. The maximum Gasteiger partial charge on any atom is 0.311 e. The summed E-state index contributed by atoms with van der Waals surface area (Å²) in [6.45, 7) is 3.91. The van der Waals surface area contributed by atoms with E-state index in [1.165, 1.54) is 24.1 Å². The number of carbonyl (C=O) groups excluding carboxylic acids is 1. The lowest BCUT2D eigenvalue weighted by atomic mass is 10.1. The Morgan fingerprint density at radius 1 is 1.55 bits per heavy atom. The molecule has 0 radical (unpaired) electrons. The monoisotopic (exact) mass is 336 g/mol. The molecule has 6 nitrogen and oxygen atoms in total. The third kappa shape index (κ3) is 3.02. The molecule has 8 heteroatoms. The van der Waals surface area contributed by atoms with Crippen molar-refractivity contribution in [3.8, 4) is 5.75 Å². The van der Waals surface area contributed by atoms with Crippen molar-refractivity contribution in [3.63, 3.8) is 0 Å². The fraction of sp³-hybridized carbons (Fsp3) is 0.143. The van der Waals surface area contributed by atoms with Crippen LogP contribution in [0.15, 0.2) is 35.8 Å². The number of benzene rings is 1. The molecular formula is C14H12N2O4S2. The first-order chi connectivity index (χ1) is 10.5. The molecule has 1 aromatic rings. The summed E-state index contributed by atoms with van der Waals surface area (Å²) in [5, 5.41) is 11.0. The molecule has 1 aliphatic heterocycles. The summed E-state index contributed by atoms with van der Waals surface area (Å²) in [5.41, 5.74) is 0.300. The number of para-hydroxylation sites is 1. The number of rotatable bonds is 5. The van der Waals surface area contributed by atoms with Crippen molar-refractivity contribution >= 4 is 46.0 Å². The van der Waals surface area contributed by atoms with Gasteiger partial charge in [-0.2, -0.15) is 0 Å². The number of nitro benzene ring substituents is 1. The van der Waals surface area contributed by atoms with Crippen molar-refractivity contribution in [2.75, 3.05) is 13.7 Å². The highest BCUT2D eigenvalue weighted by molar-refractivity contribution is 8.26. The summed E-state index contributed by atoms with van der Waals surface area (Å²) >= 11 is 6.29. The lowest BCUT2D eigenvalue weighted by Gasteiger charge is -2.10. The van der Waals surface area contributed by atoms with Gasteiger partial charge in [0.05, 0.1) is 16.9 Å². The van der Waals surface area contributed by atoms with Crippen LogP contribution in [0.1, 0.15) is 5.56 Å². The molecule has 2 rings (SSSR count). The van der Waals surface area contributed by atoms with Crippen LogP contribution in [0.5, 0.6) is 5.75 Å². The smallest absolute Gasteiger partial charge is 0.311 e. The minimum atomic E-state index is -0.529. The average molecular weight is 336 g/mol. The van der Waals surface area contributed by atoms with Crippen molar-refractivity contribution in [2.24, 2.45) is 0 Å². The standard InChI is InChI=1S/C14H12N2O4S2/c1-3-7-15-13(17)11(22-14(15)21)8-9-5-4-6-10(16(18)19)12(9)20-2/h3-6,8H,1,7H2,2H3. The second-order valence-electron chi connectivity index (χ2n) is 4.24. The van der Waals surface area contributed by atoms with Gasteiger partial charge in [-0.25, -0.2) is 0 Å². The molecule has 0 N–H and O–H groups in total. The largest absolute Gasteiger partial charge is 0.490 e.